The quantitative estimate of drug-likeness (QED) is 0.139. The van der Waals surface area contributed by atoms with E-state index in [1.807, 2.05) is 55.5 Å². The van der Waals surface area contributed by atoms with E-state index in [0.717, 1.165) is 11.3 Å². The van der Waals surface area contributed by atoms with Crippen LogP contribution in [0.25, 0.3) is 5.69 Å². The fraction of sp³-hybridized carbons (Fsp3) is 0.152. The number of hydrogen-bond donors (Lipinski definition) is 1. The Hall–Kier alpha value is -4.75. The third kappa shape index (κ3) is 7.07. The van der Waals surface area contributed by atoms with Gasteiger partial charge < -0.3 is 18.5 Å². The Labute approximate surface area is 244 Å². The SMILES string of the molecule is Cc1cccc(COc2ccc(/C=N/NC(=O)c3ccc(COc4ccc(-n5c(C)ccc5C)cc4)o3)cc2Cl)c1. The number of carbonyl (C=O) groups is 1. The first-order valence-corrected chi connectivity index (χ1v) is 13.5. The van der Waals surface area contributed by atoms with Crippen LogP contribution in [0.5, 0.6) is 11.5 Å². The molecule has 208 valence electrons. The Morgan fingerprint density at radius 2 is 1.68 bits per heavy atom. The molecule has 0 spiro atoms. The number of hydrazone groups is 1. The van der Waals surface area contributed by atoms with Gasteiger partial charge in [-0.3, -0.25) is 4.79 Å². The van der Waals surface area contributed by atoms with E-state index in [9.17, 15) is 4.79 Å². The number of nitrogens with zero attached hydrogens (tertiary/aromatic N) is 2. The number of halogens is 1. The number of amides is 1. The van der Waals surface area contributed by atoms with E-state index in [1.165, 1.54) is 23.2 Å². The summed E-state index contributed by atoms with van der Waals surface area (Å²) in [5.41, 5.74) is 8.82. The molecule has 1 N–H and O–H groups in total. The summed E-state index contributed by atoms with van der Waals surface area (Å²) in [6.07, 6.45) is 1.50. The second-order valence-corrected chi connectivity index (χ2v) is 10.1. The summed E-state index contributed by atoms with van der Waals surface area (Å²) >= 11 is 6.38. The number of ether oxygens (including phenoxy) is 2. The van der Waals surface area contributed by atoms with E-state index < -0.39 is 5.91 Å². The Morgan fingerprint density at radius 1 is 0.902 bits per heavy atom. The van der Waals surface area contributed by atoms with Crippen molar-refractivity contribution >= 4 is 23.7 Å². The molecular formula is C33H30ClN3O4. The molecule has 0 radical (unpaired) electrons. The topological polar surface area (TPSA) is 78.0 Å². The van der Waals surface area contributed by atoms with Gasteiger partial charge in [0.25, 0.3) is 0 Å². The van der Waals surface area contributed by atoms with Gasteiger partial charge in [0.15, 0.2) is 5.76 Å². The fourth-order valence-electron chi connectivity index (χ4n) is 4.40. The van der Waals surface area contributed by atoms with Crippen LogP contribution in [0.3, 0.4) is 0 Å². The van der Waals surface area contributed by atoms with E-state index >= 15 is 0 Å². The van der Waals surface area contributed by atoms with Crippen LogP contribution in [-0.2, 0) is 13.2 Å². The number of hydrogen-bond acceptors (Lipinski definition) is 5. The number of aromatic nitrogens is 1. The monoisotopic (exact) mass is 567 g/mol. The lowest BCUT2D eigenvalue weighted by Gasteiger charge is -2.10. The van der Waals surface area contributed by atoms with Crippen molar-refractivity contribution in [2.45, 2.75) is 34.0 Å². The Kier molecular flexibility index (Phi) is 8.56. The number of furan rings is 1. The number of nitrogens with one attached hydrogen (secondary N) is 1. The first-order valence-electron chi connectivity index (χ1n) is 13.1. The first kappa shape index (κ1) is 27.8. The van der Waals surface area contributed by atoms with E-state index in [-0.39, 0.29) is 12.4 Å². The molecule has 0 aliphatic rings. The van der Waals surface area contributed by atoms with Gasteiger partial charge in [-0.2, -0.15) is 5.10 Å². The first-order chi connectivity index (χ1) is 19.9. The largest absolute Gasteiger partial charge is 0.487 e. The fourth-order valence-corrected chi connectivity index (χ4v) is 4.64. The molecule has 1 amide bonds. The average molecular weight is 568 g/mol. The minimum absolute atomic E-state index is 0.132. The van der Waals surface area contributed by atoms with Gasteiger partial charge in [0.2, 0.25) is 0 Å². The summed E-state index contributed by atoms with van der Waals surface area (Å²) in [4.78, 5) is 12.5. The molecule has 0 fully saturated rings. The highest BCUT2D eigenvalue weighted by atomic mass is 35.5. The third-order valence-corrected chi connectivity index (χ3v) is 6.74. The number of rotatable bonds is 10. The number of benzene rings is 3. The van der Waals surface area contributed by atoms with Crippen LogP contribution in [-0.4, -0.2) is 16.7 Å². The van der Waals surface area contributed by atoms with Gasteiger partial charge in [0.05, 0.1) is 11.2 Å². The van der Waals surface area contributed by atoms with Crippen molar-refractivity contribution in [3.8, 4) is 17.2 Å². The maximum absolute atomic E-state index is 12.5. The van der Waals surface area contributed by atoms with Gasteiger partial charge in [0.1, 0.15) is 30.5 Å². The van der Waals surface area contributed by atoms with Gasteiger partial charge >= 0.3 is 5.91 Å². The molecule has 0 bridgehead atoms. The van der Waals surface area contributed by atoms with Crippen LogP contribution in [0.15, 0.2) is 101 Å². The van der Waals surface area contributed by atoms with Crippen LogP contribution in [0, 0.1) is 20.8 Å². The highest BCUT2D eigenvalue weighted by Crippen LogP contribution is 2.26. The summed E-state index contributed by atoms with van der Waals surface area (Å²) in [5.74, 6) is 1.45. The average Bonchev–Trinajstić information content (AvgIpc) is 3.58. The summed E-state index contributed by atoms with van der Waals surface area (Å²) in [7, 11) is 0. The van der Waals surface area contributed by atoms with Gasteiger partial charge in [0, 0.05) is 17.1 Å². The summed E-state index contributed by atoms with van der Waals surface area (Å²) in [5, 5.41) is 4.47. The standard InChI is InChI=1S/C33H30ClN3O4/c1-22-5-4-6-26(17-22)20-40-31-15-9-25(18-30(31)34)19-35-36-33(38)32-16-14-29(41-32)21-39-28-12-10-27(11-13-28)37-23(2)7-8-24(37)3/h4-19H,20-21H2,1-3H3,(H,36,38)/b35-19+. The zero-order chi connectivity index (χ0) is 28.8. The van der Waals surface area contributed by atoms with Crippen LogP contribution >= 0.6 is 11.6 Å². The smallest absolute Gasteiger partial charge is 0.307 e. The van der Waals surface area contributed by atoms with Crippen molar-refractivity contribution in [1.29, 1.82) is 0 Å². The van der Waals surface area contributed by atoms with Crippen LogP contribution in [0.4, 0.5) is 0 Å². The molecule has 2 aromatic heterocycles. The molecule has 0 aliphatic carbocycles. The molecule has 7 nitrogen and oxygen atoms in total. The highest BCUT2D eigenvalue weighted by molar-refractivity contribution is 6.32. The lowest BCUT2D eigenvalue weighted by Crippen LogP contribution is -2.16. The van der Waals surface area contributed by atoms with Crippen LogP contribution in [0.1, 0.15) is 44.4 Å². The maximum Gasteiger partial charge on any atom is 0.307 e. The zero-order valence-corrected chi connectivity index (χ0v) is 23.8. The second kappa shape index (κ2) is 12.6. The summed E-state index contributed by atoms with van der Waals surface area (Å²) < 4.78 is 19.5. The molecule has 8 heteroatoms. The minimum atomic E-state index is -0.474. The van der Waals surface area contributed by atoms with Crippen molar-refractivity contribution in [3.63, 3.8) is 0 Å². The predicted octanol–water partition coefficient (Wildman–Crippen LogP) is 7.57. The molecule has 5 aromatic rings. The minimum Gasteiger partial charge on any atom is -0.487 e. The molecule has 0 unspecified atom stereocenters. The van der Waals surface area contributed by atoms with Crippen molar-refractivity contribution in [3.05, 3.63) is 136 Å². The summed E-state index contributed by atoms with van der Waals surface area (Å²) in [6, 6.07) is 28.7. The maximum atomic E-state index is 12.5. The second-order valence-electron chi connectivity index (χ2n) is 9.67. The number of aryl methyl sites for hydroxylation is 3. The summed E-state index contributed by atoms with van der Waals surface area (Å²) in [6.45, 7) is 6.79. The molecule has 0 aliphatic heterocycles. The Bertz CT molecular complexity index is 1670. The van der Waals surface area contributed by atoms with Crippen molar-refractivity contribution in [2.75, 3.05) is 0 Å². The lowest BCUT2D eigenvalue weighted by atomic mass is 10.1. The van der Waals surface area contributed by atoms with Crippen molar-refractivity contribution < 1.29 is 18.7 Å². The highest BCUT2D eigenvalue weighted by Gasteiger charge is 2.11. The van der Waals surface area contributed by atoms with Gasteiger partial charge in [-0.25, -0.2) is 5.43 Å². The predicted molar refractivity (Wildman–Crippen MR) is 160 cm³/mol. The van der Waals surface area contributed by atoms with E-state index in [1.54, 1.807) is 24.3 Å². The zero-order valence-electron chi connectivity index (χ0n) is 23.1. The molecule has 5 rings (SSSR count). The Balaban J connectivity index is 1.10. The third-order valence-electron chi connectivity index (χ3n) is 6.45. The lowest BCUT2D eigenvalue weighted by molar-refractivity contribution is 0.0923. The van der Waals surface area contributed by atoms with Gasteiger partial charge in [-0.05, 0) is 98.6 Å². The Morgan fingerprint density at radius 3 is 2.41 bits per heavy atom. The van der Waals surface area contributed by atoms with E-state index in [4.69, 9.17) is 25.5 Å². The van der Waals surface area contributed by atoms with E-state index in [0.29, 0.717) is 34.5 Å². The molecular weight excluding hydrogens is 538 g/mol. The molecule has 3 aromatic carbocycles. The van der Waals surface area contributed by atoms with Gasteiger partial charge in [-0.1, -0.05) is 41.4 Å². The van der Waals surface area contributed by atoms with E-state index in [2.05, 4.69) is 47.1 Å². The normalized spacial score (nSPS) is 11.1. The molecule has 0 saturated heterocycles. The molecule has 0 atom stereocenters. The van der Waals surface area contributed by atoms with Crippen molar-refractivity contribution in [2.24, 2.45) is 5.10 Å². The number of carbonyl (C=O) groups excluding carboxylic acids is 1. The van der Waals surface area contributed by atoms with Crippen LogP contribution in [0.2, 0.25) is 5.02 Å². The molecule has 2 heterocycles. The molecule has 0 saturated carbocycles. The van der Waals surface area contributed by atoms with Gasteiger partial charge in [-0.15, -0.1) is 0 Å². The molecule has 41 heavy (non-hydrogen) atoms. The van der Waals surface area contributed by atoms with Crippen molar-refractivity contribution in [1.82, 2.24) is 9.99 Å². The van der Waals surface area contributed by atoms with Crippen LogP contribution < -0.4 is 14.9 Å².